The van der Waals surface area contributed by atoms with Gasteiger partial charge >= 0.3 is 64.8 Å². The minimum absolute atomic E-state index is 0. The second-order valence-electron chi connectivity index (χ2n) is 16.2. The van der Waals surface area contributed by atoms with Gasteiger partial charge in [-0.25, -0.2) is 4.79 Å². The van der Waals surface area contributed by atoms with Crippen LogP contribution in [-0.4, -0.2) is 166 Å². The number of unbranched alkanes of at least 4 members (excludes halogenated alkanes) is 3. The third-order valence-corrected chi connectivity index (χ3v) is 14.5. The van der Waals surface area contributed by atoms with Gasteiger partial charge in [0, 0.05) is 12.6 Å². The topological polar surface area (TPSA) is 329 Å². The van der Waals surface area contributed by atoms with Crippen LogP contribution in [0, 0.1) is 0 Å². The van der Waals surface area contributed by atoms with Gasteiger partial charge < -0.3 is 70.5 Å². The molecule has 9 N–H and O–H groups in total. The first-order valence-corrected chi connectivity index (χ1v) is 34.9. The molecule has 20 nitrogen and oxygen atoms in total. The second kappa shape index (κ2) is 69.9. The number of aromatic nitrogens is 2. The molecule has 478 valence electrons. The third kappa shape index (κ3) is 51.4. The van der Waals surface area contributed by atoms with Crippen LogP contribution in [0.5, 0.6) is 0 Å². The Hall–Kier alpha value is 0.810. The van der Waals surface area contributed by atoms with Crippen LogP contribution in [0.3, 0.4) is 0 Å². The van der Waals surface area contributed by atoms with Crippen molar-refractivity contribution in [2.45, 2.75) is 250 Å². The van der Waals surface area contributed by atoms with Crippen molar-refractivity contribution < 1.29 is 132 Å². The molecule has 11 atom stereocenters. The van der Waals surface area contributed by atoms with Gasteiger partial charge in [-0.2, -0.15) is 52.0 Å². The SMILES string of the molecule is CC.CC.CC.CCCC.CCCC.CCCC.CCCSCC.CCCSCC.CCCSCC.CSCC(=O)NC1C(O)CC(OP(=O)([O-])OCC2OC(n3ccc(N)nc3=O)C(O)C2O)(C(=O)[O-])OC1[C@H](O)[C@H](O)CO.[Na+].[Na+]. The number of carbonyl (C=O) groups excluding carboxylic acids is 2. The van der Waals surface area contributed by atoms with E-state index in [9.17, 15) is 59.6 Å². The minimum atomic E-state index is -5.82. The van der Waals surface area contributed by atoms with E-state index in [1.54, 1.807) is 6.26 Å². The molecule has 0 radical (unpaired) electrons. The quantitative estimate of drug-likeness (QED) is 0.0395. The molecular formula is C54H115N4Na2O16PS4. The number of carbonyl (C=O) groups is 2. The standard InChI is InChI=1S/C21H33N4O16PS.3C5H12S.3C4H10.3C2H6.2Na/c1-43-7-12(29)24-13-8(27)4-21(19(33)34,40-17(13)14(30)9(28)5-26)41-42(36,37)38-6-10-15(31)16(32)18(39-10)25-3-2-11(22)23-20(25)35;3*1-3-5-6-4-2;3*1-3-4-2;3*1-2;;/h2-3,8-10,13-18,26-28,30-32H,4-7H2,1H3,(H,24,29)(H,33,34)(H,36,37)(H2,22,23,35);3*3-5H2,1-2H3;3*3-4H2,1-2H3;3*1-2H3;;/q;;;;;;;;;;2*+1/p-2/t8?,9-,10?,13?,14-,15?,16?,17?,18?,21?;;;;;;;;;;;/m1.........../s1. The Balaban J connectivity index is -0.000000158. The van der Waals surface area contributed by atoms with Crippen molar-refractivity contribution in [2.24, 2.45) is 0 Å². The molecule has 0 aromatic carbocycles. The van der Waals surface area contributed by atoms with Crippen LogP contribution >= 0.6 is 54.9 Å². The van der Waals surface area contributed by atoms with Crippen LogP contribution in [-0.2, 0) is 32.7 Å². The summed E-state index contributed by atoms with van der Waals surface area (Å²) in [6.45, 7) is 36.1. The number of carboxylic acid groups (broad SMARTS) is 1. The Morgan fingerprint density at radius 2 is 1.22 bits per heavy atom. The van der Waals surface area contributed by atoms with Crippen molar-refractivity contribution in [1.82, 2.24) is 14.9 Å². The van der Waals surface area contributed by atoms with Crippen molar-refractivity contribution >= 4 is 72.6 Å². The van der Waals surface area contributed by atoms with E-state index in [1.165, 1.54) is 98.4 Å². The Bertz CT molecular complexity index is 1560. The van der Waals surface area contributed by atoms with Crippen LogP contribution in [0.1, 0.15) is 195 Å². The number of anilines is 1. The number of rotatable bonds is 25. The van der Waals surface area contributed by atoms with E-state index in [2.05, 4.69) is 102 Å². The Morgan fingerprint density at radius 1 is 0.802 bits per heavy atom. The number of ether oxygens (including phenoxy) is 2. The number of hydrogen-bond acceptors (Lipinski definition) is 22. The van der Waals surface area contributed by atoms with Crippen molar-refractivity contribution in [3.63, 3.8) is 0 Å². The molecule has 1 aromatic heterocycles. The smallest absolute Gasteiger partial charge is 0.756 e. The fourth-order valence-corrected chi connectivity index (χ4v) is 8.30. The fraction of sp³-hybridized carbons (Fsp3) is 0.889. The first-order chi connectivity index (χ1) is 37.5. The zero-order chi connectivity index (χ0) is 63.0. The number of aliphatic hydroxyl groups excluding tert-OH is 6. The third-order valence-electron chi connectivity index (χ3n) is 9.68. The maximum atomic E-state index is 12.7. The van der Waals surface area contributed by atoms with E-state index < -0.39 is 106 Å². The molecule has 0 spiro atoms. The predicted molar refractivity (Wildman–Crippen MR) is 332 cm³/mol. The van der Waals surface area contributed by atoms with Gasteiger partial charge in [-0.15, -0.1) is 0 Å². The number of nitrogens with one attached hydrogen (secondary N) is 1. The van der Waals surface area contributed by atoms with Gasteiger partial charge in [0.15, 0.2) is 6.23 Å². The number of thioether (sulfide) groups is 4. The summed E-state index contributed by atoms with van der Waals surface area (Å²) in [6, 6.07) is -0.431. The monoisotopic (exact) mass is 1280 g/mol. The number of carboxylic acids is 1. The second-order valence-corrected chi connectivity index (χ2v) is 22.6. The molecule has 9 unspecified atom stereocenters. The molecule has 0 aliphatic carbocycles. The average molecular weight is 1280 g/mol. The molecule has 27 heteroatoms. The fourth-order valence-electron chi connectivity index (χ4n) is 5.29. The number of nitrogens with zero attached hydrogens (tertiary/aromatic N) is 2. The van der Waals surface area contributed by atoms with Gasteiger partial charge in [0.25, 0.3) is 7.82 Å². The molecule has 81 heavy (non-hydrogen) atoms. The summed E-state index contributed by atoms with van der Waals surface area (Å²) in [4.78, 5) is 52.6. The average Bonchev–Trinajstić information content (AvgIpc) is 3.73. The molecule has 0 bridgehead atoms. The van der Waals surface area contributed by atoms with Crippen LogP contribution in [0.25, 0.3) is 0 Å². The minimum Gasteiger partial charge on any atom is -0.756 e. The predicted octanol–water partition coefficient (Wildman–Crippen LogP) is 2.06. The van der Waals surface area contributed by atoms with Gasteiger partial charge in [-0.3, -0.25) is 18.5 Å². The molecule has 1 aromatic rings. The van der Waals surface area contributed by atoms with Crippen molar-refractivity contribution in [3.05, 3.63) is 22.7 Å². The molecule has 2 fully saturated rings. The first kappa shape index (κ1) is 101. The van der Waals surface area contributed by atoms with Crippen LogP contribution in [0.4, 0.5) is 5.82 Å². The van der Waals surface area contributed by atoms with Crippen LogP contribution in [0.2, 0.25) is 0 Å². The molecule has 2 aliphatic rings. The Labute approximate surface area is 552 Å². The summed E-state index contributed by atoms with van der Waals surface area (Å²) < 4.78 is 33.3. The van der Waals surface area contributed by atoms with Crippen molar-refractivity contribution in [3.8, 4) is 0 Å². The van der Waals surface area contributed by atoms with E-state index in [1.807, 2.05) is 76.8 Å². The summed E-state index contributed by atoms with van der Waals surface area (Å²) in [5.74, 6) is 1.04. The summed E-state index contributed by atoms with van der Waals surface area (Å²) in [7, 11) is -5.82. The summed E-state index contributed by atoms with van der Waals surface area (Å²) >= 11 is 7.09. The number of aliphatic carboxylic acids is 1. The normalized spacial score (nSPS) is 21.3. The van der Waals surface area contributed by atoms with Gasteiger partial charge in [0.2, 0.25) is 11.7 Å². The van der Waals surface area contributed by atoms with E-state index in [0.717, 1.165) is 22.5 Å². The van der Waals surface area contributed by atoms with E-state index in [-0.39, 0.29) is 70.7 Å². The number of amides is 1. The zero-order valence-corrected chi connectivity index (χ0v) is 62.3. The number of aliphatic hydroxyl groups is 6. The number of hydrogen-bond donors (Lipinski definition) is 8. The first-order valence-electron chi connectivity index (χ1n) is 28.6. The van der Waals surface area contributed by atoms with E-state index in [0.29, 0.717) is 0 Å². The molecule has 3 heterocycles. The largest absolute Gasteiger partial charge is 1.00 e. The maximum Gasteiger partial charge on any atom is 1.00 e. The number of nitrogen functional groups attached to an aromatic ring is 1. The van der Waals surface area contributed by atoms with E-state index >= 15 is 0 Å². The molecule has 1 amide bonds. The number of nitrogens with two attached hydrogens (primary N) is 1. The summed E-state index contributed by atoms with van der Waals surface area (Å²) in [5.41, 5.74) is 4.44. The summed E-state index contributed by atoms with van der Waals surface area (Å²) in [6.07, 6.45) is -1.71. The molecule has 2 saturated heterocycles. The van der Waals surface area contributed by atoms with Gasteiger partial charge in [0.1, 0.15) is 48.4 Å². The van der Waals surface area contributed by atoms with Gasteiger partial charge in [-0.05, 0) is 66.1 Å². The molecule has 3 rings (SSSR count). The zero-order valence-electron chi connectivity index (χ0n) is 54.1. The number of phosphoric ester groups is 1. The summed E-state index contributed by atoms with van der Waals surface area (Å²) in [5, 5.41) is 75.4. The Kier molecular flexibility index (Phi) is 87.0. The Morgan fingerprint density at radius 3 is 1.54 bits per heavy atom. The molecule has 2 aliphatic heterocycles. The molecular weight excluding hydrogens is 1170 g/mol. The maximum absolute atomic E-state index is 12.7. The van der Waals surface area contributed by atoms with E-state index in [4.69, 9.17) is 15.2 Å². The van der Waals surface area contributed by atoms with Crippen molar-refractivity contribution in [1.29, 1.82) is 0 Å². The number of phosphoric acid groups is 1. The molecule has 0 saturated carbocycles. The van der Waals surface area contributed by atoms with Crippen LogP contribution < -0.4 is 85.9 Å². The van der Waals surface area contributed by atoms with Crippen LogP contribution in [0.15, 0.2) is 17.1 Å². The van der Waals surface area contributed by atoms with Gasteiger partial charge in [-0.1, -0.05) is 163 Å². The van der Waals surface area contributed by atoms with Crippen molar-refractivity contribution in [2.75, 3.05) is 65.5 Å². The van der Waals surface area contributed by atoms with Gasteiger partial charge in [0.05, 0.1) is 31.1 Å².